The fraction of sp³-hybridized carbons (Fsp3) is 0. The van der Waals surface area contributed by atoms with Gasteiger partial charge in [0.15, 0.2) is 0 Å². The summed E-state index contributed by atoms with van der Waals surface area (Å²) in [5, 5.41) is 2.64. The Hall–Kier alpha value is -5.20. The lowest BCUT2D eigenvalue weighted by Gasteiger charge is -2.21. The maximum Gasteiger partial charge on any atom is -0.000764 e. The standard InChI is InChI=1S/C40H26/c1-4-12-27(13-5-1)28-22-24-30(25-23-28)35-26-36(29-14-6-2-7-15-29)39-33-20-10-18-31-19-11-21-34(37(31)33)40(39)38(35)32-16-8-3-9-17-32/h1-26H. The van der Waals surface area contributed by atoms with Crippen molar-refractivity contribution < 1.29 is 0 Å². The molecule has 0 bridgehead atoms. The summed E-state index contributed by atoms with van der Waals surface area (Å²) in [6.07, 6.45) is 0. The Morgan fingerprint density at radius 2 is 0.700 bits per heavy atom. The molecule has 0 aliphatic heterocycles. The highest BCUT2D eigenvalue weighted by molar-refractivity contribution is 6.22. The number of hydrogen-bond acceptors (Lipinski definition) is 0. The van der Waals surface area contributed by atoms with Gasteiger partial charge in [0.1, 0.15) is 0 Å². The topological polar surface area (TPSA) is 0 Å². The van der Waals surface area contributed by atoms with E-state index < -0.39 is 0 Å². The molecule has 7 aromatic rings. The first-order valence-electron chi connectivity index (χ1n) is 13.9. The van der Waals surface area contributed by atoms with Gasteiger partial charge in [0.05, 0.1) is 0 Å². The SMILES string of the molecule is c1ccc(-c2ccc(-c3cc(-c4ccccc4)c4c(c3-c3ccccc3)-c3cccc5cccc-4c35)cc2)cc1. The van der Waals surface area contributed by atoms with E-state index in [1.165, 1.54) is 77.5 Å². The van der Waals surface area contributed by atoms with Crippen molar-refractivity contribution in [2.75, 3.05) is 0 Å². The summed E-state index contributed by atoms with van der Waals surface area (Å²) in [5.74, 6) is 0. The van der Waals surface area contributed by atoms with Crippen molar-refractivity contribution in [3.63, 3.8) is 0 Å². The lowest BCUT2D eigenvalue weighted by atomic mass is 9.82. The van der Waals surface area contributed by atoms with Crippen LogP contribution in [0.4, 0.5) is 0 Å². The average Bonchev–Trinajstić information content (AvgIpc) is 3.38. The van der Waals surface area contributed by atoms with Gasteiger partial charge in [-0.25, -0.2) is 0 Å². The van der Waals surface area contributed by atoms with E-state index in [0.29, 0.717) is 0 Å². The molecule has 0 radical (unpaired) electrons. The van der Waals surface area contributed by atoms with Crippen molar-refractivity contribution in [3.8, 4) is 66.8 Å². The molecule has 0 spiro atoms. The van der Waals surface area contributed by atoms with E-state index in [9.17, 15) is 0 Å². The molecule has 0 saturated heterocycles. The first-order chi connectivity index (χ1) is 19.9. The summed E-state index contributed by atoms with van der Waals surface area (Å²) >= 11 is 0. The van der Waals surface area contributed by atoms with E-state index in [1.807, 2.05) is 0 Å². The van der Waals surface area contributed by atoms with E-state index in [1.54, 1.807) is 0 Å². The lowest BCUT2D eigenvalue weighted by molar-refractivity contribution is 1.56. The molecule has 0 saturated carbocycles. The highest BCUT2D eigenvalue weighted by atomic mass is 14.3. The maximum absolute atomic E-state index is 2.43. The molecule has 0 N–H and O–H groups in total. The van der Waals surface area contributed by atoms with E-state index in [2.05, 4.69) is 158 Å². The van der Waals surface area contributed by atoms with Crippen LogP contribution in [-0.4, -0.2) is 0 Å². The zero-order valence-electron chi connectivity index (χ0n) is 22.0. The minimum absolute atomic E-state index is 1.22. The molecule has 0 nitrogen and oxygen atoms in total. The third-order valence-corrected chi connectivity index (χ3v) is 8.22. The molecule has 0 aromatic heterocycles. The van der Waals surface area contributed by atoms with Gasteiger partial charge >= 0.3 is 0 Å². The van der Waals surface area contributed by atoms with Crippen LogP contribution in [0, 0.1) is 0 Å². The van der Waals surface area contributed by atoms with Crippen molar-refractivity contribution in [1.82, 2.24) is 0 Å². The minimum Gasteiger partial charge on any atom is -0.0622 e. The molecule has 0 atom stereocenters. The summed E-state index contributed by atoms with van der Waals surface area (Å²) < 4.78 is 0. The Balaban J connectivity index is 1.48. The second kappa shape index (κ2) is 9.22. The molecule has 0 unspecified atom stereocenters. The third kappa shape index (κ3) is 3.54. The Morgan fingerprint density at radius 3 is 1.32 bits per heavy atom. The van der Waals surface area contributed by atoms with Gasteiger partial charge in [-0.3, -0.25) is 0 Å². The van der Waals surface area contributed by atoms with Crippen molar-refractivity contribution in [3.05, 3.63) is 158 Å². The molecule has 1 aliphatic rings. The number of benzene rings is 7. The van der Waals surface area contributed by atoms with Crippen LogP contribution in [0.15, 0.2) is 158 Å². The van der Waals surface area contributed by atoms with Gasteiger partial charge in [-0.05, 0) is 83.6 Å². The Kier molecular flexibility index (Phi) is 5.24. The maximum atomic E-state index is 2.43. The Labute approximate surface area is 234 Å². The summed E-state index contributed by atoms with van der Waals surface area (Å²) in [6, 6.07) is 57.4. The largest absolute Gasteiger partial charge is 0.0622 e. The molecular weight excluding hydrogens is 480 g/mol. The summed E-state index contributed by atoms with van der Waals surface area (Å²) in [6.45, 7) is 0. The van der Waals surface area contributed by atoms with E-state index >= 15 is 0 Å². The Bertz CT molecular complexity index is 1990. The van der Waals surface area contributed by atoms with Gasteiger partial charge in [-0.15, -0.1) is 0 Å². The van der Waals surface area contributed by atoms with Crippen molar-refractivity contribution in [2.45, 2.75) is 0 Å². The minimum atomic E-state index is 1.22. The van der Waals surface area contributed by atoms with Crippen LogP contribution in [0.5, 0.6) is 0 Å². The van der Waals surface area contributed by atoms with Crippen LogP contribution < -0.4 is 0 Å². The van der Waals surface area contributed by atoms with Crippen LogP contribution >= 0.6 is 0 Å². The molecule has 0 heterocycles. The number of rotatable bonds is 4. The Morgan fingerprint density at radius 1 is 0.250 bits per heavy atom. The first kappa shape index (κ1) is 22.8. The van der Waals surface area contributed by atoms with Gasteiger partial charge in [0, 0.05) is 0 Å². The molecule has 186 valence electrons. The molecule has 0 heteroatoms. The van der Waals surface area contributed by atoms with Crippen molar-refractivity contribution >= 4 is 10.8 Å². The highest BCUT2D eigenvalue weighted by Crippen LogP contribution is 2.57. The molecule has 0 fully saturated rings. The molecule has 7 aromatic carbocycles. The molecular formula is C40H26. The molecule has 1 aliphatic carbocycles. The average molecular weight is 507 g/mol. The predicted molar refractivity (Wildman–Crippen MR) is 170 cm³/mol. The zero-order valence-corrected chi connectivity index (χ0v) is 22.0. The van der Waals surface area contributed by atoms with Gasteiger partial charge in [-0.1, -0.05) is 152 Å². The number of fused-ring (bicyclic) bond motifs is 3. The fourth-order valence-electron chi connectivity index (χ4n) is 6.44. The van der Waals surface area contributed by atoms with Crippen molar-refractivity contribution in [2.24, 2.45) is 0 Å². The van der Waals surface area contributed by atoms with E-state index in [0.717, 1.165) is 0 Å². The van der Waals surface area contributed by atoms with Crippen LogP contribution in [0.1, 0.15) is 0 Å². The molecule has 0 amide bonds. The van der Waals surface area contributed by atoms with Crippen molar-refractivity contribution in [1.29, 1.82) is 0 Å². The van der Waals surface area contributed by atoms with Crippen LogP contribution in [0.25, 0.3) is 77.5 Å². The highest BCUT2D eigenvalue weighted by Gasteiger charge is 2.29. The number of hydrogen-bond donors (Lipinski definition) is 0. The smallest absolute Gasteiger partial charge is 0.000764 e. The van der Waals surface area contributed by atoms with Crippen LogP contribution in [-0.2, 0) is 0 Å². The summed E-state index contributed by atoms with van der Waals surface area (Å²) in [5.41, 5.74) is 15.3. The summed E-state index contributed by atoms with van der Waals surface area (Å²) in [7, 11) is 0. The van der Waals surface area contributed by atoms with Crippen LogP contribution in [0.2, 0.25) is 0 Å². The van der Waals surface area contributed by atoms with Gasteiger partial charge in [0.2, 0.25) is 0 Å². The monoisotopic (exact) mass is 506 g/mol. The predicted octanol–water partition coefficient (Wildman–Crippen LogP) is 11.2. The van der Waals surface area contributed by atoms with Gasteiger partial charge < -0.3 is 0 Å². The van der Waals surface area contributed by atoms with Crippen LogP contribution in [0.3, 0.4) is 0 Å². The summed E-state index contributed by atoms with van der Waals surface area (Å²) in [4.78, 5) is 0. The quantitative estimate of drug-likeness (QED) is 0.223. The van der Waals surface area contributed by atoms with E-state index in [-0.39, 0.29) is 0 Å². The normalized spacial score (nSPS) is 11.5. The molecule has 40 heavy (non-hydrogen) atoms. The zero-order chi connectivity index (χ0) is 26.5. The third-order valence-electron chi connectivity index (χ3n) is 8.22. The van der Waals surface area contributed by atoms with Gasteiger partial charge in [-0.2, -0.15) is 0 Å². The second-order valence-electron chi connectivity index (χ2n) is 10.5. The first-order valence-corrected chi connectivity index (χ1v) is 13.9. The lowest BCUT2D eigenvalue weighted by Crippen LogP contribution is -1.94. The fourth-order valence-corrected chi connectivity index (χ4v) is 6.44. The van der Waals surface area contributed by atoms with Gasteiger partial charge in [0.25, 0.3) is 0 Å². The van der Waals surface area contributed by atoms with E-state index in [4.69, 9.17) is 0 Å². The second-order valence-corrected chi connectivity index (χ2v) is 10.5. The molecule has 8 rings (SSSR count).